The first kappa shape index (κ1) is 24.7. The summed E-state index contributed by atoms with van der Waals surface area (Å²) < 4.78 is 21.1. The van der Waals surface area contributed by atoms with E-state index in [9.17, 15) is 19.4 Å². The number of aromatic nitrogens is 5. The Labute approximate surface area is 211 Å². The molecule has 0 bridgehead atoms. The van der Waals surface area contributed by atoms with Crippen molar-refractivity contribution in [2.24, 2.45) is 0 Å². The molecule has 11 nitrogen and oxygen atoms in total. The second-order valence-corrected chi connectivity index (χ2v) is 9.00. The predicted octanol–water partition coefficient (Wildman–Crippen LogP) is 1.62. The van der Waals surface area contributed by atoms with Crippen molar-refractivity contribution in [2.45, 2.75) is 44.9 Å². The Morgan fingerprint density at radius 1 is 1.11 bits per heavy atom. The fraction of sp³-hybridized carbons (Fsp3) is 0.320. The Balaban J connectivity index is 1.58. The lowest BCUT2D eigenvalue weighted by Crippen LogP contribution is -2.41. The molecule has 4 N–H and O–H groups in total. The summed E-state index contributed by atoms with van der Waals surface area (Å²) in [5.74, 6) is -0.584. The van der Waals surface area contributed by atoms with Gasteiger partial charge >= 0.3 is 0 Å². The SMILES string of the molecule is CNC(=O)C1OC(n2cnc3c(NCc4cc(C)cc(C)c4)nc(-c4cncc(F)c4)nc32)C(O)C1O. The number of imidazole rings is 1. The Bertz CT molecular complexity index is 1460. The van der Waals surface area contributed by atoms with Crippen LogP contribution in [-0.2, 0) is 16.1 Å². The smallest absolute Gasteiger partial charge is 0.251 e. The molecule has 12 heteroatoms. The number of halogens is 1. The third-order valence-electron chi connectivity index (χ3n) is 6.14. The first-order valence-corrected chi connectivity index (χ1v) is 11.6. The monoisotopic (exact) mass is 507 g/mol. The van der Waals surface area contributed by atoms with Gasteiger partial charge in [-0.1, -0.05) is 29.3 Å². The number of aliphatic hydroxyl groups excluding tert-OH is 2. The van der Waals surface area contributed by atoms with Crippen LogP contribution in [0, 0.1) is 19.7 Å². The second-order valence-electron chi connectivity index (χ2n) is 9.00. The molecule has 0 aliphatic carbocycles. The van der Waals surface area contributed by atoms with E-state index in [2.05, 4.69) is 48.8 Å². The molecule has 4 aromatic rings. The molecular weight excluding hydrogens is 481 g/mol. The van der Waals surface area contributed by atoms with Crippen molar-refractivity contribution >= 4 is 22.9 Å². The van der Waals surface area contributed by atoms with Crippen molar-refractivity contribution < 1.29 is 24.1 Å². The first-order valence-electron chi connectivity index (χ1n) is 11.6. The van der Waals surface area contributed by atoms with E-state index in [0.29, 0.717) is 23.4 Å². The van der Waals surface area contributed by atoms with Crippen LogP contribution >= 0.6 is 0 Å². The second kappa shape index (κ2) is 9.81. The van der Waals surface area contributed by atoms with Crippen LogP contribution in [0.5, 0.6) is 0 Å². The maximum absolute atomic E-state index is 14.0. The number of hydrogen-bond acceptors (Lipinski definition) is 9. The molecule has 1 fully saturated rings. The van der Waals surface area contributed by atoms with E-state index < -0.39 is 36.3 Å². The highest BCUT2D eigenvalue weighted by Gasteiger charge is 2.47. The summed E-state index contributed by atoms with van der Waals surface area (Å²) in [4.78, 5) is 29.6. The number of carbonyl (C=O) groups excluding carboxylic acids is 1. The number of aliphatic hydroxyl groups is 2. The van der Waals surface area contributed by atoms with Gasteiger partial charge in [-0.2, -0.15) is 0 Å². The molecular formula is C25H26FN7O4. The molecule has 192 valence electrons. The Morgan fingerprint density at radius 3 is 2.57 bits per heavy atom. The molecule has 4 heterocycles. The van der Waals surface area contributed by atoms with E-state index in [1.54, 1.807) is 0 Å². The number of likely N-dealkylation sites (N-methyl/N-ethyl adjacent to an activating group) is 1. The molecule has 1 amide bonds. The van der Waals surface area contributed by atoms with Crippen LogP contribution in [0.1, 0.15) is 22.9 Å². The van der Waals surface area contributed by atoms with Crippen molar-refractivity contribution in [2.75, 3.05) is 12.4 Å². The van der Waals surface area contributed by atoms with Gasteiger partial charge in [0.15, 0.2) is 35.1 Å². The number of rotatable bonds is 6. The van der Waals surface area contributed by atoms with Crippen LogP contribution < -0.4 is 10.6 Å². The van der Waals surface area contributed by atoms with Gasteiger partial charge < -0.3 is 25.6 Å². The number of ether oxygens (including phenoxy) is 1. The molecule has 1 aliphatic rings. The van der Waals surface area contributed by atoms with E-state index in [1.807, 2.05) is 13.8 Å². The normalized spacial score (nSPS) is 21.4. The van der Waals surface area contributed by atoms with Crippen molar-refractivity contribution in [1.29, 1.82) is 0 Å². The maximum Gasteiger partial charge on any atom is 0.251 e. The standard InChI is InChI=1S/C25H26FN7O4/c1-12-4-13(2)6-14(5-12)8-29-22-17-23(32-21(31-22)15-7-16(26)10-28-9-15)33(11-30-17)25-19(35)18(34)20(37-25)24(36)27-3/h4-7,9-11,18-20,25,34-35H,8H2,1-3H3,(H,27,36)(H,29,31,32). The number of benzene rings is 1. The van der Waals surface area contributed by atoms with E-state index in [1.165, 1.54) is 30.2 Å². The van der Waals surface area contributed by atoms with Gasteiger partial charge in [0.25, 0.3) is 5.91 Å². The lowest BCUT2D eigenvalue weighted by molar-refractivity contribution is -0.137. The van der Waals surface area contributed by atoms with E-state index >= 15 is 0 Å². The van der Waals surface area contributed by atoms with E-state index in [0.717, 1.165) is 22.9 Å². The summed E-state index contributed by atoms with van der Waals surface area (Å²) in [6.07, 6.45) is -1.42. The zero-order chi connectivity index (χ0) is 26.3. The molecule has 0 spiro atoms. The van der Waals surface area contributed by atoms with Crippen molar-refractivity contribution in [3.05, 3.63) is 65.5 Å². The van der Waals surface area contributed by atoms with Crippen LogP contribution in [0.4, 0.5) is 10.2 Å². The van der Waals surface area contributed by atoms with E-state index in [-0.39, 0.29) is 11.5 Å². The topological polar surface area (TPSA) is 147 Å². The van der Waals surface area contributed by atoms with Crippen molar-refractivity contribution in [1.82, 2.24) is 29.8 Å². The summed E-state index contributed by atoms with van der Waals surface area (Å²) >= 11 is 0. The molecule has 37 heavy (non-hydrogen) atoms. The lowest BCUT2D eigenvalue weighted by Gasteiger charge is -2.17. The third-order valence-corrected chi connectivity index (χ3v) is 6.14. The zero-order valence-electron chi connectivity index (χ0n) is 20.4. The number of nitrogens with zero attached hydrogens (tertiary/aromatic N) is 5. The number of nitrogens with one attached hydrogen (secondary N) is 2. The highest BCUT2D eigenvalue weighted by molar-refractivity contribution is 5.85. The van der Waals surface area contributed by atoms with Crippen LogP contribution in [0.2, 0.25) is 0 Å². The minimum Gasteiger partial charge on any atom is -0.387 e. The minimum atomic E-state index is -1.46. The number of aryl methyl sites for hydroxylation is 2. The molecule has 0 saturated carbocycles. The highest BCUT2D eigenvalue weighted by atomic mass is 19.1. The summed E-state index contributed by atoms with van der Waals surface area (Å²) in [5.41, 5.74) is 4.23. The summed E-state index contributed by atoms with van der Waals surface area (Å²) in [5, 5.41) is 26.8. The molecule has 1 aliphatic heterocycles. The van der Waals surface area contributed by atoms with Crippen LogP contribution in [0.3, 0.4) is 0 Å². The number of pyridine rings is 1. The van der Waals surface area contributed by atoms with Gasteiger partial charge in [-0.3, -0.25) is 14.3 Å². The van der Waals surface area contributed by atoms with Crippen molar-refractivity contribution in [3.8, 4) is 11.4 Å². The Hall–Kier alpha value is -4.00. The van der Waals surface area contributed by atoms with Gasteiger partial charge in [0.05, 0.1) is 12.5 Å². The molecule has 4 unspecified atom stereocenters. The molecule has 5 rings (SSSR count). The van der Waals surface area contributed by atoms with Gasteiger partial charge in [-0.25, -0.2) is 19.3 Å². The predicted molar refractivity (Wildman–Crippen MR) is 132 cm³/mol. The quantitative estimate of drug-likeness (QED) is 0.306. The number of anilines is 1. The van der Waals surface area contributed by atoms with Crippen LogP contribution in [0.25, 0.3) is 22.6 Å². The molecule has 1 aromatic carbocycles. The van der Waals surface area contributed by atoms with Crippen LogP contribution in [-0.4, -0.2) is 66.0 Å². The Kier molecular flexibility index (Phi) is 6.54. The average Bonchev–Trinajstić information content (AvgIpc) is 3.42. The molecule has 4 atom stereocenters. The Morgan fingerprint density at radius 2 is 1.86 bits per heavy atom. The summed E-state index contributed by atoms with van der Waals surface area (Å²) in [7, 11) is 1.41. The highest BCUT2D eigenvalue weighted by Crippen LogP contribution is 2.33. The largest absolute Gasteiger partial charge is 0.387 e. The first-order chi connectivity index (χ1) is 17.7. The number of amides is 1. The van der Waals surface area contributed by atoms with Gasteiger partial charge in [0.1, 0.15) is 18.0 Å². The van der Waals surface area contributed by atoms with Crippen molar-refractivity contribution in [3.63, 3.8) is 0 Å². The third kappa shape index (κ3) is 4.73. The fourth-order valence-electron chi connectivity index (χ4n) is 4.49. The molecule has 3 aromatic heterocycles. The zero-order valence-corrected chi connectivity index (χ0v) is 20.4. The fourth-order valence-corrected chi connectivity index (χ4v) is 4.49. The summed E-state index contributed by atoms with van der Waals surface area (Å²) in [6.45, 7) is 4.47. The number of carbonyl (C=O) groups is 1. The van der Waals surface area contributed by atoms with Gasteiger partial charge in [0.2, 0.25) is 0 Å². The average molecular weight is 508 g/mol. The lowest BCUT2D eigenvalue weighted by atomic mass is 10.1. The summed E-state index contributed by atoms with van der Waals surface area (Å²) in [6, 6.07) is 7.44. The van der Waals surface area contributed by atoms with Crippen LogP contribution in [0.15, 0.2) is 43.0 Å². The van der Waals surface area contributed by atoms with Gasteiger partial charge in [-0.15, -0.1) is 0 Å². The number of hydrogen-bond donors (Lipinski definition) is 4. The molecule has 1 saturated heterocycles. The van der Waals surface area contributed by atoms with Gasteiger partial charge in [-0.05, 0) is 25.5 Å². The number of fused-ring (bicyclic) bond motifs is 1. The molecule has 0 radical (unpaired) electrons. The minimum absolute atomic E-state index is 0.167. The maximum atomic E-state index is 14.0. The van der Waals surface area contributed by atoms with E-state index in [4.69, 9.17) is 4.74 Å². The van der Waals surface area contributed by atoms with Gasteiger partial charge in [0, 0.05) is 25.4 Å².